The number of nitrogens with one attached hydrogen (secondary N) is 1. The van der Waals surface area contributed by atoms with Crippen molar-refractivity contribution < 1.29 is 19.4 Å². The van der Waals surface area contributed by atoms with Crippen LogP contribution in [0.3, 0.4) is 0 Å². The molecule has 0 spiro atoms. The van der Waals surface area contributed by atoms with Crippen LogP contribution in [0.1, 0.15) is 11.1 Å². The van der Waals surface area contributed by atoms with Gasteiger partial charge in [-0.25, -0.2) is 4.79 Å². The third-order valence-electron chi connectivity index (χ3n) is 3.79. The molecule has 25 heavy (non-hydrogen) atoms. The lowest BCUT2D eigenvalue weighted by Gasteiger charge is -2.17. The minimum Gasteiger partial charge on any atom is -0.480 e. The number of aliphatic carboxylic acids is 1. The van der Waals surface area contributed by atoms with Crippen molar-refractivity contribution in [2.75, 3.05) is 19.8 Å². The molecule has 2 rings (SSSR count). The summed E-state index contributed by atoms with van der Waals surface area (Å²) in [6.45, 7) is 0.126. The van der Waals surface area contributed by atoms with Crippen LogP contribution in [0.25, 0.3) is 0 Å². The molecule has 1 amide bonds. The fourth-order valence-electron chi connectivity index (χ4n) is 2.61. The van der Waals surface area contributed by atoms with Crippen molar-refractivity contribution in [1.82, 2.24) is 5.32 Å². The van der Waals surface area contributed by atoms with Crippen molar-refractivity contribution in [1.29, 1.82) is 0 Å². The first-order valence-corrected chi connectivity index (χ1v) is 8.30. The summed E-state index contributed by atoms with van der Waals surface area (Å²) in [6.07, 6.45) is 1.30. The maximum Gasteiger partial charge on any atom is 0.329 e. The molecular weight excluding hydrogens is 318 g/mol. The molecule has 0 radical (unpaired) electrons. The summed E-state index contributed by atoms with van der Waals surface area (Å²) in [5.41, 5.74) is 2.22. The number of hydrogen-bond acceptors (Lipinski definition) is 3. The molecule has 2 aromatic rings. The molecule has 0 bridgehead atoms. The Morgan fingerprint density at radius 3 is 1.92 bits per heavy atom. The van der Waals surface area contributed by atoms with Crippen LogP contribution in [0.4, 0.5) is 0 Å². The Hall–Kier alpha value is -2.66. The summed E-state index contributed by atoms with van der Waals surface area (Å²) in [5, 5.41) is 11.4. The topological polar surface area (TPSA) is 75.6 Å². The van der Waals surface area contributed by atoms with Gasteiger partial charge in [0.1, 0.15) is 6.61 Å². The van der Waals surface area contributed by atoms with Crippen LogP contribution in [0.2, 0.25) is 0 Å². The lowest BCUT2D eigenvalue weighted by Crippen LogP contribution is -2.35. The number of carbonyl (C=O) groups excluding carboxylic acids is 1. The molecule has 2 aromatic carbocycles. The fraction of sp³-hybridized carbons (Fsp3) is 0.300. The Balaban J connectivity index is 1.93. The van der Waals surface area contributed by atoms with Gasteiger partial charge in [0, 0.05) is 12.5 Å². The van der Waals surface area contributed by atoms with Gasteiger partial charge in [0.2, 0.25) is 5.91 Å². The molecule has 0 fully saturated rings. The van der Waals surface area contributed by atoms with Crippen molar-refractivity contribution in [3.8, 4) is 0 Å². The van der Waals surface area contributed by atoms with Gasteiger partial charge >= 0.3 is 5.97 Å². The van der Waals surface area contributed by atoms with Crippen LogP contribution in [0.15, 0.2) is 60.7 Å². The zero-order chi connectivity index (χ0) is 17.9. The molecule has 5 heteroatoms. The van der Waals surface area contributed by atoms with Crippen molar-refractivity contribution in [3.63, 3.8) is 0 Å². The van der Waals surface area contributed by atoms with Gasteiger partial charge in [-0.1, -0.05) is 60.7 Å². The number of rotatable bonds is 10. The summed E-state index contributed by atoms with van der Waals surface area (Å²) in [4.78, 5) is 23.0. The second-order valence-electron chi connectivity index (χ2n) is 5.81. The van der Waals surface area contributed by atoms with Gasteiger partial charge in [-0.2, -0.15) is 0 Å². The zero-order valence-electron chi connectivity index (χ0n) is 14.1. The summed E-state index contributed by atoms with van der Waals surface area (Å²) in [7, 11) is 0. The highest BCUT2D eigenvalue weighted by Crippen LogP contribution is 2.15. The average molecular weight is 341 g/mol. The van der Waals surface area contributed by atoms with Crippen LogP contribution in [0.5, 0.6) is 0 Å². The van der Waals surface area contributed by atoms with E-state index in [0.29, 0.717) is 19.4 Å². The third kappa shape index (κ3) is 7.18. The van der Waals surface area contributed by atoms with E-state index in [4.69, 9.17) is 9.84 Å². The predicted molar refractivity (Wildman–Crippen MR) is 95.2 cm³/mol. The first-order valence-electron chi connectivity index (χ1n) is 8.30. The minimum atomic E-state index is -1.02. The monoisotopic (exact) mass is 341 g/mol. The second-order valence-corrected chi connectivity index (χ2v) is 5.81. The molecule has 0 aliphatic carbocycles. The lowest BCUT2D eigenvalue weighted by atomic mass is 9.92. The van der Waals surface area contributed by atoms with E-state index in [0.717, 1.165) is 11.1 Å². The number of carboxylic acid groups (broad SMARTS) is 1. The van der Waals surface area contributed by atoms with Crippen molar-refractivity contribution in [3.05, 3.63) is 71.8 Å². The van der Waals surface area contributed by atoms with E-state index in [1.165, 1.54) is 0 Å². The summed E-state index contributed by atoms with van der Waals surface area (Å²) >= 11 is 0. The molecule has 0 aromatic heterocycles. The number of ether oxygens (including phenoxy) is 1. The van der Waals surface area contributed by atoms with E-state index in [9.17, 15) is 9.59 Å². The van der Waals surface area contributed by atoms with Crippen LogP contribution in [-0.2, 0) is 27.2 Å². The molecule has 132 valence electrons. The van der Waals surface area contributed by atoms with Gasteiger partial charge in [-0.3, -0.25) is 4.79 Å². The molecule has 0 atom stereocenters. The van der Waals surface area contributed by atoms with Crippen molar-refractivity contribution in [2.45, 2.75) is 12.8 Å². The van der Waals surface area contributed by atoms with Gasteiger partial charge in [-0.05, 0) is 24.0 Å². The molecule has 0 aliphatic rings. The number of carboxylic acids is 1. The molecule has 0 unspecified atom stereocenters. The molecule has 0 saturated carbocycles. The first-order chi connectivity index (χ1) is 12.1. The van der Waals surface area contributed by atoms with E-state index >= 15 is 0 Å². The van der Waals surface area contributed by atoms with E-state index in [-0.39, 0.29) is 25.0 Å². The van der Waals surface area contributed by atoms with Crippen LogP contribution in [0, 0.1) is 5.92 Å². The average Bonchev–Trinajstić information content (AvgIpc) is 2.62. The maximum atomic E-state index is 12.6. The third-order valence-corrected chi connectivity index (χ3v) is 3.79. The number of hydrogen-bond donors (Lipinski definition) is 2. The Morgan fingerprint density at radius 2 is 1.44 bits per heavy atom. The largest absolute Gasteiger partial charge is 0.480 e. The van der Waals surface area contributed by atoms with Crippen LogP contribution < -0.4 is 5.32 Å². The summed E-state index contributed by atoms with van der Waals surface area (Å²) < 4.78 is 4.95. The van der Waals surface area contributed by atoms with E-state index < -0.39 is 5.97 Å². The van der Waals surface area contributed by atoms with Gasteiger partial charge in [0.05, 0.1) is 6.61 Å². The second kappa shape index (κ2) is 10.3. The van der Waals surface area contributed by atoms with E-state index in [2.05, 4.69) is 5.32 Å². The van der Waals surface area contributed by atoms with Crippen molar-refractivity contribution in [2.24, 2.45) is 5.92 Å². The molecular formula is C20H23NO4. The highest BCUT2D eigenvalue weighted by molar-refractivity contribution is 5.79. The minimum absolute atomic E-state index is 0.0494. The first kappa shape index (κ1) is 18.7. The quantitative estimate of drug-likeness (QED) is 0.650. The number of amides is 1. The van der Waals surface area contributed by atoms with E-state index in [1.807, 2.05) is 60.7 Å². The lowest BCUT2D eigenvalue weighted by molar-refractivity contribution is -0.142. The van der Waals surface area contributed by atoms with Gasteiger partial charge < -0.3 is 15.2 Å². The van der Waals surface area contributed by atoms with Crippen LogP contribution in [-0.4, -0.2) is 36.7 Å². The molecule has 2 N–H and O–H groups in total. The van der Waals surface area contributed by atoms with Crippen LogP contribution >= 0.6 is 0 Å². The summed E-state index contributed by atoms with van der Waals surface area (Å²) in [5.74, 6) is -1.26. The number of benzene rings is 2. The smallest absolute Gasteiger partial charge is 0.329 e. The molecule has 0 saturated heterocycles. The van der Waals surface area contributed by atoms with Gasteiger partial charge in [-0.15, -0.1) is 0 Å². The Labute approximate surface area is 147 Å². The Kier molecular flexibility index (Phi) is 7.66. The SMILES string of the molecule is O=C(O)COCCNC(=O)C(Cc1ccccc1)Cc1ccccc1. The highest BCUT2D eigenvalue weighted by Gasteiger charge is 2.19. The van der Waals surface area contributed by atoms with Crippen molar-refractivity contribution >= 4 is 11.9 Å². The normalized spacial score (nSPS) is 10.6. The molecule has 5 nitrogen and oxygen atoms in total. The molecule has 0 heterocycles. The Bertz CT molecular complexity index is 616. The van der Waals surface area contributed by atoms with E-state index in [1.54, 1.807) is 0 Å². The van der Waals surface area contributed by atoms with Gasteiger partial charge in [0.25, 0.3) is 0 Å². The fourth-order valence-corrected chi connectivity index (χ4v) is 2.61. The molecule has 0 aliphatic heterocycles. The standard InChI is InChI=1S/C20H23NO4/c22-19(23)15-25-12-11-21-20(24)18(13-16-7-3-1-4-8-16)14-17-9-5-2-6-10-17/h1-10,18H,11-15H2,(H,21,24)(H,22,23). The highest BCUT2D eigenvalue weighted by atomic mass is 16.5. The van der Waals surface area contributed by atoms with Gasteiger partial charge in [0.15, 0.2) is 0 Å². The zero-order valence-corrected chi connectivity index (χ0v) is 14.1. The maximum absolute atomic E-state index is 12.6. The Morgan fingerprint density at radius 1 is 0.920 bits per heavy atom. The number of carbonyl (C=O) groups is 2. The summed E-state index contributed by atoms with van der Waals surface area (Å²) in [6, 6.07) is 19.8. The predicted octanol–water partition coefficient (Wildman–Crippen LogP) is 2.31.